The number of hydrogen-bond acceptors (Lipinski definition) is 3. The zero-order valence-electron chi connectivity index (χ0n) is 12.0. The van der Waals surface area contributed by atoms with Crippen LogP contribution in [0.3, 0.4) is 0 Å². The van der Waals surface area contributed by atoms with Crippen molar-refractivity contribution >= 4 is 0 Å². The topological polar surface area (TPSA) is 28.2 Å². The van der Waals surface area contributed by atoms with Crippen molar-refractivity contribution < 1.29 is 0 Å². The van der Waals surface area contributed by atoms with Gasteiger partial charge in [-0.05, 0) is 31.9 Å². The van der Waals surface area contributed by atoms with Gasteiger partial charge in [0.25, 0.3) is 0 Å². The van der Waals surface area contributed by atoms with Crippen LogP contribution in [-0.2, 0) is 6.54 Å². The summed E-state index contributed by atoms with van der Waals surface area (Å²) in [6.07, 6.45) is 1.88. The molecule has 2 rings (SSSR count). The zero-order valence-corrected chi connectivity index (χ0v) is 12.0. The van der Waals surface area contributed by atoms with Crippen LogP contribution in [0.1, 0.15) is 33.4 Å². The number of pyridine rings is 1. The number of piperazine rings is 1. The van der Waals surface area contributed by atoms with Crippen LogP contribution in [0.5, 0.6) is 0 Å². The van der Waals surface area contributed by atoms with Crippen molar-refractivity contribution in [2.75, 3.05) is 13.1 Å². The van der Waals surface area contributed by atoms with Crippen LogP contribution in [0.2, 0.25) is 0 Å². The van der Waals surface area contributed by atoms with Gasteiger partial charge in [0.2, 0.25) is 0 Å². The Morgan fingerprint density at radius 1 is 1.44 bits per heavy atom. The molecule has 3 nitrogen and oxygen atoms in total. The molecule has 100 valence electrons. The molecule has 1 aliphatic rings. The second-order valence-corrected chi connectivity index (χ2v) is 6.25. The molecule has 0 saturated carbocycles. The molecule has 1 unspecified atom stereocenters. The summed E-state index contributed by atoms with van der Waals surface area (Å²) in [6.45, 7) is 12.3. The molecule has 18 heavy (non-hydrogen) atoms. The van der Waals surface area contributed by atoms with Gasteiger partial charge in [-0.15, -0.1) is 0 Å². The maximum atomic E-state index is 4.45. The highest BCUT2D eigenvalue weighted by atomic mass is 15.3. The summed E-state index contributed by atoms with van der Waals surface area (Å²) in [5.74, 6) is 0.673. The fourth-order valence-corrected chi connectivity index (χ4v) is 2.45. The Hall–Kier alpha value is -0.930. The lowest BCUT2D eigenvalue weighted by molar-refractivity contribution is 0.0464. The summed E-state index contributed by atoms with van der Waals surface area (Å²) in [7, 11) is 0. The second-order valence-electron chi connectivity index (χ2n) is 6.25. The summed E-state index contributed by atoms with van der Waals surface area (Å²) in [4.78, 5) is 7.00. The first kappa shape index (κ1) is 13.5. The second kappa shape index (κ2) is 5.37. The minimum atomic E-state index is 0.197. The molecule has 0 spiro atoms. The first-order chi connectivity index (χ1) is 8.49. The minimum Gasteiger partial charge on any atom is -0.311 e. The van der Waals surface area contributed by atoms with E-state index in [1.807, 2.05) is 12.3 Å². The van der Waals surface area contributed by atoms with E-state index in [2.05, 4.69) is 55.0 Å². The van der Waals surface area contributed by atoms with E-state index < -0.39 is 0 Å². The monoisotopic (exact) mass is 247 g/mol. The standard InChI is InChI=1S/C15H25N3/c1-12(2)14-10-18(15(3,4)11-17-14)9-13-7-5-6-8-16-13/h5-8,12,14,17H,9-11H2,1-4H3. The van der Waals surface area contributed by atoms with Crippen molar-refractivity contribution in [2.45, 2.75) is 45.8 Å². The largest absolute Gasteiger partial charge is 0.311 e. The highest BCUT2D eigenvalue weighted by molar-refractivity contribution is 5.05. The lowest BCUT2D eigenvalue weighted by Crippen LogP contribution is -2.62. The third-order valence-electron chi connectivity index (χ3n) is 3.95. The van der Waals surface area contributed by atoms with E-state index in [0.717, 1.165) is 25.3 Å². The van der Waals surface area contributed by atoms with Crippen LogP contribution >= 0.6 is 0 Å². The first-order valence-corrected chi connectivity index (χ1v) is 6.87. The summed E-state index contributed by atoms with van der Waals surface area (Å²) in [5.41, 5.74) is 1.36. The SMILES string of the molecule is CC(C)C1CN(Cc2ccccn2)C(C)(C)CN1. The fourth-order valence-electron chi connectivity index (χ4n) is 2.45. The molecule has 1 aromatic rings. The molecular weight excluding hydrogens is 222 g/mol. The van der Waals surface area contributed by atoms with Gasteiger partial charge in [0, 0.05) is 37.4 Å². The molecule has 0 bridgehead atoms. The van der Waals surface area contributed by atoms with Crippen molar-refractivity contribution in [2.24, 2.45) is 5.92 Å². The Bertz CT molecular complexity index is 373. The van der Waals surface area contributed by atoms with Gasteiger partial charge in [-0.3, -0.25) is 9.88 Å². The van der Waals surface area contributed by atoms with E-state index in [9.17, 15) is 0 Å². The van der Waals surface area contributed by atoms with Crippen LogP contribution < -0.4 is 5.32 Å². The Labute approximate surface area is 111 Å². The Balaban J connectivity index is 2.08. The van der Waals surface area contributed by atoms with Crippen molar-refractivity contribution in [1.29, 1.82) is 0 Å². The van der Waals surface area contributed by atoms with Gasteiger partial charge >= 0.3 is 0 Å². The number of nitrogens with one attached hydrogen (secondary N) is 1. The summed E-state index contributed by atoms with van der Waals surface area (Å²) in [5, 5.41) is 3.66. The number of aromatic nitrogens is 1. The van der Waals surface area contributed by atoms with Crippen molar-refractivity contribution in [3.63, 3.8) is 0 Å². The molecule has 0 aliphatic carbocycles. The van der Waals surface area contributed by atoms with E-state index in [-0.39, 0.29) is 5.54 Å². The van der Waals surface area contributed by atoms with Gasteiger partial charge in [0.15, 0.2) is 0 Å². The van der Waals surface area contributed by atoms with Crippen molar-refractivity contribution in [3.8, 4) is 0 Å². The van der Waals surface area contributed by atoms with Gasteiger partial charge in [-0.2, -0.15) is 0 Å². The smallest absolute Gasteiger partial charge is 0.0544 e. The zero-order chi connectivity index (χ0) is 13.2. The van der Waals surface area contributed by atoms with Crippen LogP contribution in [0, 0.1) is 5.92 Å². The lowest BCUT2D eigenvalue weighted by atomic mass is 9.92. The molecule has 0 radical (unpaired) electrons. The molecule has 0 amide bonds. The molecular formula is C15H25N3. The lowest BCUT2D eigenvalue weighted by Gasteiger charge is -2.47. The van der Waals surface area contributed by atoms with Gasteiger partial charge < -0.3 is 5.32 Å². The molecule has 1 fully saturated rings. The maximum absolute atomic E-state index is 4.45. The van der Waals surface area contributed by atoms with E-state index in [1.165, 1.54) is 0 Å². The van der Waals surface area contributed by atoms with Gasteiger partial charge in [0.05, 0.1) is 5.69 Å². The molecule has 0 aromatic carbocycles. The van der Waals surface area contributed by atoms with Crippen LogP contribution in [0.25, 0.3) is 0 Å². The van der Waals surface area contributed by atoms with E-state index in [1.54, 1.807) is 0 Å². The van der Waals surface area contributed by atoms with Crippen molar-refractivity contribution in [1.82, 2.24) is 15.2 Å². The van der Waals surface area contributed by atoms with Gasteiger partial charge in [-0.1, -0.05) is 19.9 Å². The maximum Gasteiger partial charge on any atom is 0.0544 e. The van der Waals surface area contributed by atoms with Crippen LogP contribution in [0.4, 0.5) is 0 Å². The normalized spacial score (nSPS) is 24.4. The predicted octanol–water partition coefficient (Wildman–Crippen LogP) is 2.29. The molecule has 1 saturated heterocycles. The third-order valence-corrected chi connectivity index (χ3v) is 3.95. The molecule has 1 N–H and O–H groups in total. The summed E-state index contributed by atoms with van der Waals surface area (Å²) >= 11 is 0. The molecule has 1 atom stereocenters. The summed E-state index contributed by atoms with van der Waals surface area (Å²) < 4.78 is 0. The fraction of sp³-hybridized carbons (Fsp3) is 0.667. The van der Waals surface area contributed by atoms with E-state index in [0.29, 0.717) is 12.0 Å². The third kappa shape index (κ3) is 3.09. The number of hydrogen-bond donors (Lipinski definition) is 1. The molecule has 1 aliphatic heterocycles. The first-order valence-electron chi connectivity index (χ1n) is 6.87. The summed E-state index contributed by atoms with van der Waals surface area (Å²) in [6, 6.07) is 6.74. The van der Waals surface area contributed by atoms with Gasteiger partial charge in [-0.25, -0.2) is 0 Å². The van der Waals surface area contributed by atoms with E-state index >= 15 is 0 Å². The minimum absolute atomic E-state index is 0.197. The Morgan fingerprint density at radius 2 is 2.22 bits per heavy atom. The van der Waals surface area contributed by atoms with Crippen molar-refractivity contribution in [3.05, 3.63) is 30.1 Å². The number of rotatable bonds is 3. The number of nitrogens with zero attached hydrogens (tertiary/aromatic N) is 2. The molecule has 2 heterocycles. The van der Waals surface area contributed by atoms with Crippen LogP contribution in [-0.4, -0.2) is 34.6 Å². The highest BCUT2D eigenvalue weighted by Crippen LogP contribution is 2.23. The average molecular weight is 247 g/mol. The quantitative estimate of drug-likeness (QED) is 0.888. The predicted molar refractivity (Wildman–Crippen MR) is 75.4 cm³/mol. The molecule has 3 heteroatoms. The Morgan fingerprint density at radius 3 is 2.83 bits per heavy atom. The van der Waals surface area contributed by atoms with Gasteiger partial charge in [0.1, 0.15) is 0 Å². The highest BCUT2D eigenvalue weighted by Gasteiger charge is 2.34. The molecule has 1 aromatic heterocycles. The van der Waals surface area contributed by atoms with Crippen LogP contribution in [0.15, 0.2) is 24.4 Å². The Kier molecular flexibility index (Phi) is 4.03. The van der Waals surface area contributed by atoms with E-state index in [4.69, 9.17) is 0 Å². The average Bonchev–Trinajstić information content (AvgIpc) is 2.33.